The van der Waals surface area contributed by atoms with Crippen molar-refractivity contribution in [1.82, 2.24) is 15.0 Å². The third-order valence-corrected chi connectivity index (χ3v) is 3.23. The Labute approximate surface area is 98.2 Å². The van der Waals surface area contributed by atoms with Gasteiger partial charge < -0.3 is 4.98 Å². The zero-order chi connectivity index (χ0) is 11.4. The predicted molar refractivity (Wildman–Crippen MR) is 67.7 cm³/mol. The average molecular weight is 231 g/mol. The molecule has 0 saturated heterocycles. The van der Waals surface area contributed by atoms with Gasteiger partial charge in [-0.1, -0.05) is 6.07 Å². The van der Waals surface area contributed by atoms with E-state index in [0.717, 1.165) is 5.52 Å². The summed E-state index contributed by atoms with van der Waals surface area (Å²) in [5, 5.41) is 0. The van der Waals surface area contributed by atoms with Gasteiger partial charge in [0.25, 0.3) is 0 Å². The summed E-state index contributed by atoms with van der Waals surface area (Å²) in [6, 6.07) is 4.28. The summed E-state index contributed by atoms with van der Waals surface area (Å²) in [7, 11) is 0. The second-order valence-electron chi connectivity index (χ2n) is 3.47. The molecule has 0 aliphatic carbocycles. The molecule has 0 radical (unpaired) electrons. The third kappa shape index (κ3) is 2.28. The molecule has 0 bridgehead atoms. The van der Waals surface area contributed by atoms with Crippen molar-refractivity contribution in [3.8, 4) is 0 Å². The fourth-order valence-corrected chi connectivity index (χ4v) is 2.12. The molecule has 4 heteroatoms. The molecule has 0 spiro atoms. The van der Waals surface area contributed by atoms with Crippen LogP contribution < -0.4 is 0 Å². The van der Waals surface area contributed by atoms with Gasteiger partial charge in [0, 0.05) is 12.4 Å². The molecular formula is C12H13N3S. The van der Waals surface area contributed by atoms with Crippen LogP contribution in [0.5, 0.6) is 0 Å². The number of nitrogens with zero attached hydrogens (tertiary/aromatic N) is 2. The van der Waals surface area contributed by atoms with Crippen molar-refractivity contribution >= 4 is 21.6 Å². The maximum absolute atomic E-state index is 4.30. The SMILES string of the molecule is Cc1ccc2scnc2c1C.c1c[nH]cn1. The van der Waals surface area contributed by atoms with Gasteiger partial charge in [0.2, 0.25) is 0 Å². The number of imidazole rings is 1. The van der Waals surface area contributed by atoms with E-state index in [9.17, 15) is 0 Å². The molecule has 16 heavy (non-hydrogen) atoms. The van der Waals surface area contributed by atoms with E-state index in [4.69, 9.17) is 0 Å². The van der Waals surface area contributed by atoms with Gasteiger partial charge in [0.1, 0.15) is 0 Å². The standard InChI is InChI=1S/C9H9NS.C3H4N2/c1-6-3-4-8-9(7(6)2)10-5-11-8;1-2-5-3-4-1/h3-5H,1-2H3;1-3H,(H,4,5). The summed E-state index contributed by atoms with van der Waals surface area (Å²) in [5.41, 5.74) is 5.69. The normalized spacial score (nSPS) is 9.88. The summed E-state index contributed by atoms with van der Waals surface area (Å²) < 4.78 is 1.29. The molecule has 0 amide bonds. The minimum Gasteiger partial charge on any atom is -0.351 e. The maximum Gasteiger partial charge on any atom is 0.0919 e. The molecule has 82 valence electrons. The first-order chi connectivity index (χ1) is 7.79. The number of hydrogen-bond donors (Lipinski definition) is 1. The number of thiazole rings is 1. The molecular weight excluding hydrogens is 218 g/mol. The summed E-state index contributed by atoms with van der Waals surface area (Å²) in [5.74, 6) is 0. The Bertz CT molecular complexity index is 537. The van der Waals surface area contributed by atoms with Gasteiger partial charge in [-0.05, 0) is 31.0 Å². The van der Waals surface area contributed by atoms with Crippen molar-refractivity contribution < 1.29 is 0 Å². The number of hydrogen-bond acceptors (Lipinski definition) is 3. The van der Waals surface area contributed by atoms with Crippen molar-refractivity contribution in [2.45, 2.75) is 13.8 Å². The molecule has 3 rings (SSSR count). The van der Waals surface area contributed by atoms with Gasteiger partial charge in [0.15, 0.2) is 0 Å². The minimum atomic E-state index is 1.16. The quantitative estimate of drug-likeness (QED) is 0.645. The van der Waals surface area contributed by atoms with Crippen LogP contribution in [0.1, 0.15) is 11.1 Å². The van der Waals surface area contributed by atoms with Gasteiger partial charge in [0.05, 0.1) is 22.1 Å². The predicted octanol–water partition coefficient (Wildman–Crippen LogP) is 3.32. The van der Waals surface area contributed by atoms with Crippen molar-refractivity contribution in [3.05, 3.63) is 47.5 Å². The van der Waals surface area contributed by atoms with Crippen LogP contribution in [0.4, 0.5) is 0 Å². The van der Waals surface area contributed by atoms with Crippen LogP contribution in [0.2, 0.25) is 0 Å². The highest BCUT2D eigenvalue weighted by Gasteiger charge is 2.00. The zero-order valence-electron chi connectivity index (χ0n) is 9.27. The lowest BCUT2D eigenvalue weighted by Gasteiger charge is -1.97. The topological polar surface area (TPSA) is 41.6 Å². The van der Waals surface area contributed by atoms with Crippen LogP contribution in [0, 0.1) is 13.8 Å². The fraction of sp³-hybridized carbons (Fsp3) is 0.167. The van der Waals surface area contributed by atoms with E-state index < -0.39 is 0 Å². The van der Waals surface area contributed by atoms with Gasteiger partial charge in [-0.2, -0.15) is 0 Å². The van der Waals surface area contributed by atoms with E-state index in [2.05, 4.69) is 40.9 Å². The van der Waals surface area contributed by atoms with E-state index in [1.54, 1.807) is 30.1 Å². The van der Waals surface area contributed by atoms with E-state index in [0.29, 0.717) is 0 Å². The van der Waals surface area contributed by atoms with Crippen LogP contribution in [0.15, 0.2) is 36.4 Å². The molecule has 0 atom stereocenters. The molecule has 2 heterocycles. The number of nitrogens with one attached hydrogen (secondary N) is 1. The van der Waals surface area contributed by atoms with Crippen LogP contribution in [-0.4, -0.2) is 15.0 Å². The molecule has 0 fully saturated rings. The third-order valence-electron chi connectivity index (χ3n) is 2.43. The molecule has 2 aromatic heterocycles. The molecule has 1 aromatic carbocycles. The van der Waals surface area contributed by atoms with Crippen molar-refractivity contribution in [3.63, 3.8) is 0 Å². The summed E-state index contributed by atoms with van der Waals surface area (Å²) in [6.07, 6.45) is 5.08. The number of aryl methyl sites for hydroxylation is 2. The summed E-state index contributed by atoms with van der Waals surface area (Å²) >= 11 is 1.70. The fourth-order valence-electron chi connectivity index (χ4n) is 1.38. The number of fused-ring (bicyclic) bond motifs is 1. The van der Waals surface area contributed by atoms with Crippen molar-refractivity contribution in [2.24, 2.45) is 0 Å². The van der Waals surface area contributed by atoms with Gasteiger partial charge in [-0.3, -0.25) is 0 Å². The number of benzene rings is 1. The smallest absolute Gasteiger partial charge is 0.0919 e. The molecule has 0 saturated carbocycles. The van der Waals surface area contributed by atoms with Gasteiger partial charge in [-0.25, -0.2) is 9.97 Å². The first-order valence-corrected chi connectivity index (χ1v) is 5.89. The highest BCUT2D eigenvalue weighted by molar-refractivity contribution is 7.16. The second kappa shape index (κ2) is 4.90. The van der Waals surface area contributed by atoms with Crippen LogP contribution in [0.25, 0.3) is 10.2 Å². The highest BCUT2D eigenvalue weighted by atomic mass is 32.1. The Balaban J connectivity index is 0.000000162. The zero-order valence-corrected chi connectivity index (χ0v) is 10.1. The number of aromatic amines is 1. The number of aromatic nitrogens is 3. The van der Waals surface area contributed by atoms with Crippen molar-refractivity contribution in [2.75, 3.05) is 0 Å². The molecule has 0 aliphatic rings. The van der Waals surface area contributed by atoms with Crippen LogP contribution in [0.3, 0.4) is 0 Å². The largest absolute Gasteiger partial charge is 0.351 e. The van der Waals surface area contributed by atoms with E-state index in [-0.39, 0.29) is 0 Å². The van der Waals surface area contributed by atoms with E-state index >= 15 is 0 Å². The Morgan fingerprint density at radius 2 is 2.12 bits per heavy atom. The first kappa shape index (κ1) is 10.8. The Hall–Kier alpha value is -1.68. The molecule has 3 nitrogen and oxygen atoms in total. The Morgan fingerprint density at radius 3 is 2.75 bits per heavy atom. The monoisotopic (exact) mass is 231 g/mol. The Morgan fingerprint density at radius 1 is 1.25 bits per heavy atom. The minimum absolute atomic E-state index is 1.16. The van der Waals surface area contributed by atoms with E-state index in [1.807, 2.05) is 5.51 Å². The van der Waals surface area contributed by atoms with Gasteiger partial charge >= 0.3 is 0 Å². The maximum atomic E-state index is 4.30. The lowest BCUT2D eigenvalue weighted by molar-refractivity contribution is 1.31. The molecule has 0 aliphatic heterocycles. The highest BCUT2D eigenvalue weighted by Crippen LogP contribution is 2.22. The summed E-state index contributed by atoms with van der Waals surface area (Å²) in [4.78, 5) is 10.7. The first-order valence-electron chi connectivity index (χ1n) is 5.01. The molecule has 0 unspecified atom stereocenters. The molecule has 1 N–H and O–H groups in total. The Kier molecular flexibility index (Phi) is 3.31. The number of H-pyrrole nitrogens is 1. The lowest BCUT2D eigenvalue weighted by atomic mass is 10.1. The lowest BCUT2D eigenvalue weighted by Crippen LogP contribution is -1.80. The second-order valence-corrected chi connectivity index (χ2v) is 4.35. The summed E-state index contributed by atoms with van der Waals surface area (Å²) in [6.45, 7) is 4.24. The van der Waals surface area contributed by atoms with Crippen LogP contribution >= 0.6 is 11.3 Å². The van der Waals surface area contributed by atoms with Crippen molar-refractivity contribution in [1.29, 1.82) is 0 Å². The average Bonchev–Trinajstić information content (AvgIpc) is 2.96. The number of rotatable bonds is 0. The van der Waals surface area contributed by atoms with E-state index in [1.165, 1.54) is 15.8 Å². The van der Waals surface area contributed by atoms with Gasteiger partial charge in [-0.15, -0.1) is 11.3 Å². The molecule has 3 aromatic rings. The van der Waals surface area contributed by atoms with Crippen LogP contribution in [-0.2, 0) is 0 Å².